The topological polar surface area (TPSA) is 0 Å². The van der Waals surface area contributed by atoms with Gasteiger partial charge in [0.05, 0.1) is 0 Å². The molecule has 0 amide bonds. The van der Waals surface area contributed by atoms with Gasteiger partial charge in [-0.1, -0.05) is 58.9 Å². The fourth-order valence-corrected chi connectivity index (χ4v) is 3.08. The van der Waals surface area contributed by atoms with E-state index in [4.69, 9.17) is 11.6 Å². The van der Waals surface area contributed by atoms with Gasteiger partial charge in [-0.2, -0.15) is 0 Å². The molecule has 1 aromatic rings. The Balaban J connectivity index is 1.82. The molecular formula is C13H16BrCl. The van der Waals surface area contributed by atoms with Crippen molar-refractivity contribution in [1.82, 2.24) is 0 Å². The second-order valence-electron chi connectivity index (χ2n) is 4.46. The van der Waals surface area contributed by atoms with Crippen molar-refractivity contribution in [3.05, 3.63) is 34.9 Å². The highest BCUT2D eigenvalue weighted by Crippen LogP contribution is 2.33. The molecule has 0 aromatic heterocycles. The monoisotopic (exact) mass is 286 g/mol. The van der Waals surface area contributed by atoms with Crippen LogP contribution in [-0.4, -0.2) is 4.83 Å². The Bertz CT molecular complexity index is 303. The van der Waals surface area contributed by atoms with E-state index in [0.29, 0.717) is 4.83 Å². The molecule has 0 bridgehead atoms. The van der Waals surface area contributed by atoms with E-state index < -0.39 is 0 Å². The van der Waals surface area contributed by atoms with Crippen molar-refractivity contribution in [3.63, 3.8) is 0 Å². The minimum Gasteiger partial charge on any atom is -0.0887 e. The maximum atomic E-state index is 5.85. The summed E-state index contributed by atoms with van der Waals surface area (Å²) in [4.78, 5) is 0.629. The molecule has 0 heterocycles. The van der Waals surface area contributed by atoms with Crippen molar-refractivity contribution in [2.24, 2.45) is 5.92 Å². The fourth-order valence-electron chi connectivity index (χ4n) is 2.05. The summed E-state index contributed by atoms with van der Waals surface area (Å²) in [6.07, 6.45) is 6.74. The first kappa shape index (κ1) is 11.5. The van der Waals surface area contributed by atoms with E-state index >= 15 is 0 Å². The summed E-state index contributed by atoms with van der Waals surface area (Å²) >= 11 is 9.63. The van der Waals surface area contributed by atoms with Gasteiger partial charge in [-0.15, -0.1) is 0 Å². The van der Waals surface area contributed by atoms with Crippen LogP contribution >= 0.6 is 27.5 Å². The standard InChI is InChI=1S/C13H16BrCl/c14-12(8-10-2-1-3-10)9-11-4-6-13(15)7-5-11/h4-7,10,12H,1-3,8-9H2. The summed E-state index contributed by atoms with van der Waals surface area (Å²) in [6, 6.07) is 8.19. The van der Waals surface area contributed by atoms with Gasteiger partial charge >= 0.3 is 0 Å². The molecule has 1 atom stereocenters. The first-order valence-corrected chi connectivity index (χ1v) is 6.92. The normalized spacial score (nSPS) is 18.5. The SMILES string of the molecule is Clc1ccc(CC(Br)CC2CCC2)cc1. The Morgan fingerprint density at radius 3 is 2.47 bits per heavy atom. The second-order valence-corrected chi connectivity index (χ2v) is 6.19. The number of benzene rings is 1. The van der Waals surface area contributed by atoms with Crippen molar-refractivity contribution >= 4 is 27.5 Å². The Hall–Kier alpha value is -0.0100. The van der Waals surface area contributed by atoms with Crippen molar-refractivity contribution in [2.75, 3.05) is 0 Å². The molecule has 0 aliphatic heterocycles. The highest BCUT2D eigenvalue weighted by molar-refractivity contribution is 9.09. The van der Waals surface area contributed by atoms with Gasteiger partial charge in [0, 0.05) is 9.85 Å². The molecular weight excluding hydrogens is 272 g/mol. The first-order valence-electron chi connectivity index (χ1n) is 5.62. The van der Waals surface area contributed by atoms with Crippen molar-refractivity contribution in [1.29, 1.82) is 0 Å². The molecule has 0 nitrogen and oxygen atoms in total. The van der Waals surface area contributed by atoms with Crippen LogP contribution in [0.25, 0.3) is 0 Å². The van der Waals surface area contributed by atoms with Crippen LogP contribution in [0.3, 0.4) is 0 Å². The summed E-state index contributed by atoms with van der Waals surface area (Å²) in [7, 11) is 0. The van der Waals surface area contributed by atoms with Crippen molar-refractivity contribution in [2.45, 2.75) is 36.9 Å². The fraction of sp³-hybridized carbons (Fsp3) is 0.538. The smallest absolute Gasteiger partial charge is 0.0406 e. The molecule has 15 heavy (non-hydrogen) atoms. The zero-order valence-electron chi connectivity index (χ0n) is 8.76. The number of rotatable bonds is 4. The summed E-state index contributed by atoms with van der Waals surface area (Å²) in [5, 5.41) is 0.823. The third-order valence-corrected chi connectivity index (χ3v) is 4.13. The van der Waals surface area contributed by atoms with Gasteiger partial charge in [-0.05, 0) is 36.5 Å². The minimum absolute atomic E-state index is 0.629. The van der Waals surface area contributed by atoms with Crippen LogP contribution < -0.4 is 0 Å². The molecule has 1 aromatic carbocycles. The highest BCUT2D eigenvalue weighted by Gasteiger charge is 2.20. The van der Waals surface area contributed by atoms with Crippen molar-refractivity contribution < 1.29 is 0 Å². The third-order valence-electron chi connectivity index (χ3n) is 3.18. The lowest BCUT2D eigenvalue weighted by atomic mass is 9.81. The number of hydrogen-bond acceptors (Lipinski definition) is 0. The molecule has 0 spiro atoms. The molecule has 0 radical (unpaired) electrons. The second kappa shape index (κ2) is 5.36. The maximum absolute atomic E-state index is 5.85. The van der Waals surface area contributed by atoms with Gasteiger partial charge in [-0.3, -0.25) is 0 Å². The molecule has 82 valence electrons. The van der Waals surface area contributed by atoms with Crippen molar-refractivity contribution in [3.8, 4) is 0 Å². The summed E-state index contributed by atoms with van der Waals surface area (Å²) in [6.45, 7) is 0. The first-order chi connectivity index (χ1) is 7.24. The van der Waals surface area contributed by atoms with E-state index in [2.05, 4.69) is 28.1 Å². The third kappa shape index (κ3) is 3.49. The van der Waals surface area contributed by atoms with Crippen LogP contribution in [0.5, 0.6) is 0 Å². The lowest BCUT2D eigenvalue weighted by molar-refractivity contribution is 0.294. The molecule has 2 heteroatoms. The predicted molar refractivity (Wildman–Crippen MR) is 69.8 cm³/mol. The highest BCUT2D eigenvalue weighted by atomic mass is 79.9. The summed E-state index contributed by atoms with van der Waals surface area (Å²) < 4.78 is 0. The maximum Gasteiger partial charge on any atom is 0.0406 e. The van der Waals surface area contributed by atoms with E-state index in [1.165, 1.54) is 31.2 Å². The van der Waals surface area contributed by atoms with Crippen LogP contribution in [-0.2, 0) is 6.42 Å². The van der Waals surface area contributed by atoms with E-state index in [1.807, 2.05) is 12.1 Å². The number of halogens is 2. The largest absolute Gasteiger partial charge is 0.0887 e. The predicted octanol–water partition coefficient (Wildman–Crippen LogP) is 4.84. The molecule has 1 saturated carbocycles. The molecule has 1 aliphatic carbocycles. The molecule has 1 unspecified atom stereocenters. The Morgan fingerprint density at radius 1 is 1.27 bits per heavy atom. The van der Waals surface area contributed by atoms with Crippen LogP contribution in [0.15, 0.2) is 24.3 Å². The van der Waals surface area contributed by atoms with E-state index in [9.17, 15) is 0 Å². The quantitative estimate of drug-likeness (QED) is 0.695. The molecule has 0 saturated heterocycles. The minimum atomic E-state index is 0.629. The molecule has 1 aliphatic rings. The van der Waals surface area contributed by atoms with Gasteiger partial charge in [0.2, 0.25) is 0 Å². The van der Waals surface area contributed by atoms with Crippen LogP contribution in [0.2, 0.25) is 5.02 Å². The van der Waals surface area contributed by atoms with E-state index in [0.717, 1.165) is 17.4 Å². The van der Waals surface area contributed by atoms with Crippen LogP contribution in [0, 0.1) is 5.92 Å². The van der Waals surface area contributed by atoms with Gasteiger partial charge in [0.15, 0.2) is 0 Å². The zero-order chi connectivity index (χ0) is 10.7. The zero-order valence-corrected chi connectivity index (χ0v) is 11.1. The summed E-state index contributed by atoms with van der Waals surface area (Å²) in [5.41, 5.74) is 1.38. The number of alkyl halides is 1. The van der Waals surface area contributed by atoms with Gasteiger partial charge in [-0.25, -0.2) is 0 Å². The van der Waals surface area contributed by atoms with E-state index in [-0.39, 0.29) is 0 Å². The number of hydrogen-bond donors (Lipinski definition) is 0. The summed E-state index contributed by atoms with van der Waals surface area (Å²) in [5.74, 6) is 0.974. The lowest BCUT2D eigenvalue weighted by Crippen LogP contribution is -2.17. The van der Waals surface area contributed by atoms with Crippen LogP contribution in [0.4, 0.5) is 0 Å². The van der Waals surface area contributed by atoms with Gasteiger partial charge in [0.1, 0.15) is 0 Å². The average Bonchev–Trinajstić information content (AvgIpc) is 2.16. The molecule has 0 N–H and O–H groups in total. The Labute approximate surface area is 105 Å². The van der Waals surface area contributed by atoms with Gasteiger partial charge < -0.3 is 0 Å². The average molecular weight is 288 g/mol. The van der Waals surface area contributed by atoms with E-state index in [1.54, 1.807) is 0 Å². The molecule has 1 fully saturated rings. The Morgan fingerprint density at radius 2 is 1.93 bits per heavy atom. The van der Waals surface area contributed by atoms with Crippen LogP contribution in [0.1, 0.15) is 31.2 Å². The Kier molecular flexibility index (Phi) is 4.10. The molecule has 2 rings (SSSR count). The lowest BCUT2D eigenvalue weighted by Gasteiger charge is -2.27. The van der Waals surface area contributed by atoms with Gasteiger partial charge in [0.25, 0.3) is 0 Å².